The van der Waals surface area contributed by atoms with Crippen LogP contribution in [0.2, 0.25) is 10.0 Å². The number of halogens is 5. The van der Waals surface area contributed by atoms with Crippen LogP contribution < -0.4 is 10.1 Å². The molecule has 12 heteroatoms. The van der Waals surface area contributed by atoms with Crippen LogP contribution >= 0.6 is 35.0 Å². The fourth-order valence-electron chi connectivity index (χ4n) is 2.39. The van der Waals surface area contributed by atoms with Gasteiger partial charge in [0, 0.05) is 12.1 Å². The Balaban J connectivity index is 1.57. The van der Waals surface area contributed by atoms with Crippen molar-refractivity contribution in [3.05, 3.63) is 63.9 Å². The Morgan fingerprint density at radius 3 is 2.55 bits per heavy atom. The lowest BCUT2D eigenvalue weighted by atomic mass is 10.2. The molecule has 0 unspecified atom stereocenters. The average molecular weight is 491 g/mol. The normalized spacial score (nSPS) is 11.4. The van der Waals surface area contributed by atoms with E-state index in [-0.39, 0.29) is 23.1 Å². The van der Waals surface area contributed by atoms with Gasteiger partial charge in [0.15, 0.2) is 11.0 Å². The minimum atomic E-state index is -4.54. The van der Waals surface area contributed by atoms with E-state index in [9.17, 15) is 18.0 Å². The molecule has 1 N–H and O–H groups in total. The van der Waals surface area contributed by atoms with Gasteiger partial charge in [-0.15, -0.1) is 10.2 Å². The maximum absolute atomic E-state index is 12.8. The molecule has 3 rings (SSSR count). The first-order valence-corrected chi connectivity index (χ1v) is 10.4. The first-order valence-electron chi connectivity index (χ1n) is 8.69. The topological polar surface area (TPSA) is 69.0 Å². The molecule has 0 aliphatic carbocycles. The maximum Gasteiger partial charge on any atom is 0.416 e. The zero-order valence-corrected chi connectivity index (χ0v) is 18.2. The summed E-state index contributed by atoms with van der Waals surface area (Å²) in [5, 5.41) is 11.5. The van der Waals surface area contributed by atoms with Gasteiger partial charge in [-0.25, -0.2) is 0 Å². The van der Waals surface area contributed by atoms with Crippen LogP contribution in [-0.2, 0) is 24.6 Å². The Morgan fingerprint density at radius 2 is 1.87 bits per heavy atom. The summed E-state index contributed by atoms with van der Waals surface area (Å²) in [5.74, 6) is 0.502. The number of nitrogens with one attached hydrogen (secondary N) is 1. The lowest BCUT2D eigenvalue weighted by molar-refractivity contribution is -0.137. The summed E-state index contributed by atoms with van der Waals surface area (Å²) < 4.78 is 45.8. The third-order valence-electron chi connectivity index (χ3n) is 4.01. The zero-order chi connectivity index (χ0) is 22.6. The molecule has 0 aliphatic rings. The largest absolute Gasteiger partial charge is 0.486 e. The van der Waals surface area contributed by atoms with E-state index in [0.29, 0.717) is 21.8 Å². The van der Waals surface area contributed by atoms with Gasteiger partial charge in [-0.1, -0.05) is 35.0 Å². The van der Waals surface area contributed by atoms with Crippen LogP contribution in [0.25, 0.3) is 0 Å². The number of hydrogen-bond acceptors (Lipinski definition) is 5. The van der Waals surface area contributed by atoms with Crippen molar-refractivity contribution >= 4 is 46.6 Å². The molecular formula is C19H15Cl2F3N4O2S. The number of benzene rings is 2. The predicted octanol–water partition coefficient (Wildman–Crippen LogP) is 5.45. The van der Waals surface area contributed by atoms with Crippen molar-refractivity contribution < 1.29 is 22.7 Å². The number of ether oxygens (including phenoxy) is 1. The maximum atomic E-state index is 12.8. The van der Waals surface area contributed by atoms with E-state index in [1.165, 1.54) is 0 Å². The van der Waals surface area contributed by atoms with Gasteiger partial charge in [-0.3, -0.25) is 4.79 Å². The molecule has 164 valence electrons. The lowest BCUT2D eigenvalue weighted by Crippen LogP contribution is -2.16. The fraction of sp³-hybridized carbons (Fsp3) is 0.211. The molecule has 2 aromatic carbocycles. The second kappa shape index (κ2) is 9.80. The summed E-state index contributed by atoms with van der Waals surface area (Å²) in [6.07, 6.45) is -4.54. The highest BCUT2D eigenvalue weighted by Crippen LogP contribution is 2.34. The molecule has 0 bridgehead atoms. The molecule has 0 fully saturated rings. The minimum absolute atomic E-state index is 0.00615. The summed E-state index contributed by atoms with van der Waals surface area (Å²) in [4.78, 5) is 12.2. The number of rotatable bonds is 7. The van der Waals surface area contributed by atoms with Crippen molar-refractivity contribution in [2.24, 2.45) is 7.05 Å². The van der Waals surface area contributed by atoms with Crippen molar-refractivity contribution in [1.29, 1.82) is 0 Å². The third kappa shape index (κ3) is 6.28. The number of thioether (sulfide) groups is 1. The quantitative estimate of drug-likeness (QED) is 0.446. The van der Waals surface area contributed by atoms with Gasteiger partial charge in [0.05, 0.1) is 22.0 Å². The Kier molecular flexibility index (Phi) is 7.34. The van der Waals surface area contributed by atoms with E-state index >= 15 is 0 Å². The number of nitrogens with zero attached hydrogens (tertiary/aromatic N) is 3. The van der Waals surface area contributed by atoms with Gasteiger partial charge in [-0.2, -0.15) is 13.2 Å². The molecule has 31 heavy (non-hydrogen) atoms. The molecule has 0 saturated carbocycles. The molecule has 1 aromatic heterocycles. The standard InChI is InChI=1S/C19H15Cl2F3N4O2S/c1-28-16(9-30-13-5-3-12(20)4-6-13)26-27-18(28)31-10-17(29)25-15-8-11(19(22,23)24)2-7-14(15)21/h2-8H,9-10H2,1H3,(H,25,29). The van der Waals surface area contributed by atoms with E-state index in [4.69, 9.17) is 27.9 Å². The number of alkyl halides is 3. The molecule has 6 nitrogen and oxygen atoms in total. The summed E-state index contributed by atoms with van der Waals surface area (Å²) in [7, 11) is 1.71. The Bertz CT molecular complexity index is 1080. The predicted molar refractivity (Wildman–Crippen MR) is 113 cm³/mol. The van der Waals surface area contributed by atoms with Crippen LogP contribution in [0.1, 0.15) is 11.4 Å². The first kappa shape index (κ1) is 23.2. The van der Waals surface area contributed by atoms with Crippen LogP contribution in [0.5, 0.6) is 5.75 Å². The monoisotopic (exact) mass is 490 g/mol. The Morgan fingerprint density at radius 1 is 1.16 bits per heavy atom. The number of amides is 1. The molecule has 1 amide bonds. The molecule has 0 radical (unpaired) electrons. The van der Waals surface area contributed by atoms with Crippen molar-refractivity contribution in [1.82, 2.24) is 14.8 Å². The second-order valence-electron chi connectivity index (χ2n) is 6.23. The Labute approximate surface area is 189 Å². The van der Waals surface area contributed by atoms with Gasteiger partial charge < -0.3 is 14.6 Å². The van der Waals surface area contributed by atoms with Crippen molar-refractivity contribution in [2.75, 3.05) is 11.1 Å². The van der Waals surface area contributed by atoms with Crippen LogP contribution in [0.3, 0.4) is 0 Å². The highest BCUT2D eigenvalue weighted by molar-refractivity contribution is 7.99. The van der Waals surface area contributed by atoms with Gasteiger partial charge in [-0.05, 0) is 42.5 Å². The third-order valence-corrected chi connectivity index (χ3v) is 5.61. The molecule has 0 spiro atoms. The molecule has 1 heterocycles. The molecule has 0 atom stereocenters. The van der Waals surface area contributed by atoms with Crippen LogP contribution in [0, 0.1) is 0 Å². The summed E-state index contributed by atoms with van der Waals surface area (Å²) >= 11 is 12.8. The summed E-state index contributed by atoms with van der Waals surface area (Å²) in [6, 6.07) is 9.56. The summed E-state index contributed by atoms with van der Waals surface area (Å²) in [6.45, 7) is 0.151. The molecule has 3 aromatic rings. The Hall–Kier alpha value is -2.43. The smallest absolute Gasteiger partial charge is 0.416 e. The van der Waals surface area contributed by atoms with E-state index < -0.39 is 17.6 Å². The number of anilines is 1. The van der Waals surface area contributed by atoms with Crippen molar-refractivity contribution in [2.45, 2.75) is 17.9 Å². The number of carbonyl (C=O) groups excluding carboxylic acids is 1. The lowest BCUT2D eigenvalue weighted by Gasteiger charge is -2.11. The highest BCUT2D eigenvalue weighted by atomic mass is 35.5. The van der Waals surface area contributed by atoms with Gasteiger partial charge in [0.1, 0.15) is 12.4 Å². The highest BCUT2D eigenvalue weighted by Gasteiger charge is 2.31. The number of hydrogen-bond donors (Lipinski definition) is 1. The van der Waals surface area contributed by atoms with Gasteiger partial charge in [0.2, 0.25) is 5.91 Å². The average Bonchev–Trinajstić information content (AvgIpc) is 3.06. The summed E-state index contributed by atoms with van der Waals surface area (Å²) in [5.41, 5.74) is -1.02. The van der Waals surface area contributed by atoms with Gasteiger partial charge >= 0.3 is 6.18 Å². The van der Waals surface area contributed by atoms with E-state index in [0.717, 1.165) is 30.0 Å². The first-order chi connectivity index (χ1) is 14.6. The molecule has 0 saturated heterocycles. The zero-order valence-electron chi connectivity index (χ0n) is 15.9. The number of aromatic nitrogens is 3. The van der Waals surface area contributed by atoms with E-state index in [2.05, 4.69) is 15.5 Å². The second-order valence-corrected chi connectivity index (χ2v) is 8.02. The van der Waals surface area contributed by atoms with Crippen LogP contribution in [0.4, 0.5) is 18.9 Å². The fourth-order valence-corrected chi connectivity index (χ4v) is 3.41. The van der Waals surface area contributed by atoms with E-state index in [1.54, 1.807) is 35.9 Å². The van der Waals surface area contributed by atoms with Crippen LogP contribution in [-0.4, -0.2) is 26.4 Å². The number of carbonyl (C=O) groups is 1. The van der Waals surface area contributed by atoms with Crippen LogP contribution in [0.15, 0.2) is 47.6 Å². The van der Waals surface area contributed by atoms with Crippen molar-refractivity contribution in [3.63, 3.8) is 0 Å². The van der Waals surface area contributed by atoms with Gasteiger partial charge in [0.25, 0.3) is 0 Å². The SMILES string of the molecule is Cn1c(COc2ccc(Cl)cc2)nnc1SCC(=O)Nc1cc(C(F)(F)F)ccc1Cl. The molecular weight excluding hydrogens is 476 g/mol. The minimum Gasteiger partial charge on any atom is -0.486 e. The molecule has 0 aliphatic heterocycles. The van der Waals surface area contributed by atoms with Crippen molar-refractivity contribution in [3.8, 4) is 5.75 Å². The van der Waals surface area contributed by atoms with E-state index in [1.807, 2.05) is 0 Å².